The van der Waals surface area contributed by atoms with Crippen LogP contribution in [0.2, 0.25) is 0 Å². The highest BCUT2D eigenvalue weighted by atomic mass is 32.2. The van der Waals surface area contributed by atoms with Gasteiger partial charge in [0.05, 0.1) is 25.8 Å². The second-order valence-corrected chi connectivity index (χ2v) is 7.29. The quantitative estimate of drug-likeness (QED) is 0.761. The number of hydrogen-bond donors (Lipinski definition) is 0. The molecule has 0 unspecified atom stereocenters. The Morgan fingerprint density at radius 1 is 1.05 bits per heavy atom. The Balaban J connectivity index is 1.49. The molecule has 2 heterocycles. The van der Waals surface area contributed by atoms with Crippen molar-refractivity contribution in [3.63, 3.8) is 0 Å². The van der Waals surface area contributed by atoms with Crippen LogP contribution >= 0.6 is 24.0 Å². The first kappa shape index (κ1) is 16.2. The normalized spacial score (nSPS) is 21.3. The van der Waals surface area contributed by atoms with E-state index in [9.17, 15) is 0 Å². The van der Waals surface area contributed by atoms with Crippen LogP contribution in [0, 0.1) is 0 Å². The fourth-order valence-corrected chi connectivity index (χ4v) is 3.87. The molecule has 0 spiro atoms. The summed E-state index contributed by atoms with van der Waals surface area (Å²) in [7, 11) is 0. The molecule has 0 amide bonds. The fourth-order valence-electron chi connectivity index (χ4n) is 2.76. The molecule has 1 aromatic carbocycles. The molecule has 22 heavy (non-hydrogen) atoms. The van der Waals surface area contributed by atoms with E-state index >= 15 is 0 Å². The molecule has 2 fully saturated rings. The molecule has 0 radical (unpaired) electrons. The Morgan fingerprint density at radius 2 is 1.82 bits per heavy atom. The van der Waals surface area contributed by atoms with Gasteiger partial charge in [-0.1, -0.05) is 54.3 Å². The van der Waals surface area contributed by atoms with E-state index in [0.717, 1.165) is 62.8 Å². The van der Waals surface area contributed by atoms with Crippen molar-refractivity contribution in [3.8, 4) is 0 Å². The Morgan fingerprint density at radius 3 is 2.59 bits per heavy atom. The van der Waals surface area contributed by atoms with Gasteiger partial charge in [-0.15, -0.1) is 0 Å². The van der Waals surface area contributed by atoms with E-state index in [2.05, 4.69) is 45.0 Å². The molecule has 2 saturated heterocycles. The molecule has 6 heteroatoms. The standard InChI is InChI=1S/C16H23N3OS2/c21-16-19(7-6-17-8-10-20-11-9-17)13-18(14-22-16)12-15-4-2-1-3-5-15/h1-5H,6-14H2. The second-order valence-electron chi connectivity index (χ2n) is 5.71. The highest BCUT2D eigenvalue weighted by Crippen LogP contribution is 2.20. The van der Waals surface area contributed by atoms with Crippen LogP contribution in [0.15, 0.2) is 30.3 Å². The lowest BCUT2D eigenvalue weighted by Gasteiger charge is -2.38. The van der Waals surface area contributed by atoms with Crippen molar-refractivity contribution in [1.82, 2.24) is 14.7 Å². The van der Waals surface area contributed by atoms with Gasteiger partial charge in [0.2, 0.25) is 0 Å². The number of nitrogens with zero attached hydrogens (tertiary/aromatic N) is 3. The van der Waals surface area contributed by atoms with Gasteiger partial charge in [-0.3, -0.25) is 9.80 Å². The van der Waals surface area contributed by atoms with Gasteiger partial charge >= 0.3 is 0 Å². The summed E-state index contributed by atoms with van der Waals surface area (Å²) in [5.41, 5.74) is 1.36. The Kier molecular flexibility index (Phi) is 6.09. The van der Waals surface area contributed by atoms with E-state index in [1.165, 1.54) is 5.56 Å². The van der Waals surface area contributed by atoms with Crippen LogP contribution in [-0.4, -0.2) is 71.0 Å². The van der Waals surface area contributed by atoms with Gasteiger partial charge in [-0.05, 0) is 5.56 Å². The monoisotopic (exact) mass is 337 g/mol. The average Bonchev–Trinajstić information content (AvgIpc) is 2.57. The SMILES string of the molecule is S=C1SCN(Cc2ccccc2)CN1CCN1CCOCC1. The second kappa shape index (κ2) is 8.26. The van der Waals surface area contributed by atoms with Crippen molar-refractivity contribution >= 4 is 28.3 Å². The van der Waals surface area contributed by atoms with E-state index in [-0.39, 0.29) is 0 Å². The molecule has 0 atom stereocenters. The van der Waals surface area contributed by atoms with Crippen molar-refractivity contribution in [2.24, 2.45) is 0 Å². The molecule has 2 aliphatic heterocycles. The maximum atomic E-state index is 5.53. The van der Waals surface area contributed by atoms with Crippen LogP contribution < -0.4 is 0 Å². The van der Waals surface area contributed by atoms with E-state index in [1.54, 1.807) is 11.8 Å². The summed E-state index contributed by atoms with van der Waals surface area (Å²) >= 11 is 7.31. The predicted octanol–water partition coefficient (Wildman–Crippen LogP) is 2.07. The molecule has 1 aromatic rings. The number of rotatable bonds is 5. The minimum Gasteiger partial charge on any atom is -0.379 e. The number of benzene rings is 1. The highest BCUT2D eigenvalue weighted by Gasteiger charge is 2.22. The van der Waals surface area contributed by atoms with Crippen LogP contribution in [0.3, 0.4) is 0 Å². The molecular weight excluding hydrogens is 314 g/mol. The first-order valence-electron chi connectivity index (χ1n) is 7.79. The van der Waals surface area contributed by atoms with Crippen LogP contribution in [0.4, 0.5) is 0 Å². The first-order chi connectivity index (χ1) is 10.8. The van der Waals surface area contributed by atoms with Crippen molar-refractivity contribution in [2.75, 3.05) is 51.9 Å². The fraction of sp³-hybridized carbons (Fsp3) is 0.562. The van der Waals surface area contributed by atoms with E-state index in [4.69, 9.17) is 17.0 Å². The Hall–Kier alpha value is -0.660. The topological polar surface area (TPSA) is 19.0 Å². The minimum absolute atomic E-state index is 0.860. The molecule has 0 aliphatic carbocycles. The van der Waals surface area contributed by atoms with Crippen LogP contribution in [0.1, 0.15) is 5.56 Å². The van der Waals surface area contributed by atoms with Gasteiger partial charge in [0.15, 0.2) is 0 Å². The van der Waals surface area contributed by atoms with Crippen LogP contribution in [0.5, 0.6) is 0 Å². The summed E-state index contributed by atoms with van der Waals surface area (Å²) in [4.78, 5) is 7.25. The predicted molar refractivity (Wildman–Crippen MR) is 95.9 cm³/mol. The largest absolute Gasteiger partial charge is 0.379 e. The lowest BCUT2D eigenvalue weighted by Crippen LogP contribution is -2.48. The molecule has 0 N–H and O–H groups in total. The third kappa shape index (κ3) is 4.67. The van der Waals surface area contributed by atoms with Gasteiger partial charge in [0.1, 0.15) is 4.32 Å². The zero-order valence-electron chi connectivity index (χ0n) is 12.8. The van der Waals surface area contributed by atoms with Crippen molar-refractivity contribution in [3.05, 3.63) is 35.9 Å². The molecular formula is C16H23N3OS2. The van der Waals surface area contributed by atoms with Gasteiger partial charge in [0.25, 0.3) is 0 Å². The van der Waals surface area contributed by atoms with E-state index in [1.807, 2.05) is 0 Å². The molecule has 3 rings (SSSR count). The number of thioether (sulfide) groups is 1. The maximum absolute atomic E-state index is 5.53. The molecule has 0 bridgehead atoms. The number of hydrogen-bond acceptors (Lipinski definition) is 5. The average molecular weight is 338 g/mol. The molecule has 4 nitrogen and oxygen atoms in total. The molecule has 0 aromatic heterocycles. The summed E-state index contributed by atoms with van der Waals surface area (Å²) in [5.74, 6) is 0.988. The Labute approximate surface area is 142 Å². The molecule has 2 aliphatic rings. The smallest absolute Gasteiger partial charge is 0.138 e. The molecule has 120 valence electrons. The summed E-state index contributed by atoms with van der Waals surface area (Å²) < 4.78 is 6.44. The van der Waals surface area contributed by atoms with Gasteiger partial charge in [0, 0.05) is 32.7 Å². The first-order valence-corrected chi connectivity index (χ1v) is 9.19. The number of thiocarbonyl (C=S) groups is 1. The third-order valence-electron chi connectivity index (χ3n) is 4.04. The molecule has 0 saturated carbocycles. The van der Waals surface area contributed by atoms with Crippen LogP contribution in [-0.2, 0) is 11.3 Å². The zero-order chi connectivity index (χ0) is 15.2. The zero-order valence-corrected chi connectivity index (χ0v) is 14.5. The lowest BCUT2D eigenvalue weighted by atomic mass is 10.2. The third-order valence-corrected chi connectivity index (χ3v) is 5.65. The van der Waals surface area contributed by atoms with Gasteiger partial charge < -0.3 is 9.64 Å². The number of morpholine rings is 1. The van der Waals surface area contributed by atoms with Gasteiger partial charge in [-0.25, -0.2) is 0 Å². The number of ether oxygens (including phenoxy) is 1. The highest BCUT2D eigenvalue weighted by molar-refractivity contribution is 8.22. The summed E-state index contributed by atoms with van der Waals surface area (Å²) in [5, 5.41) is 0. The van der Waals surface area contributed by atoms with Gasteiger partial charge in [-0.2, -0.15) is 0 Å². The van der Waals surface area contributed by atoms with Crippen molar-refractivity contribution in [2.45, 2.75) is 6.54 Å². The summed E-state index contributed by atoms with van der Waals surface area (Å²) in [6.45, 7) is 7.82. The summed E-state index contributed by atoms with van der Waals surface area (Å²) in [6, 6.07) is 10.7. The summed E-state index contributed by atoms with van der Waals surface area (Å²) in [6.07, 6.45) is 0. The van der Waals surface area contributed by atoms with E-state index < -0.39 is 0 Å². The Bertz CT molecular complexity index is 480. The minimum atomic E-state index is 0.860. The van der Waals surface area contributed by atoms with Crippen molar-refractivity contribution < 1.29 is 4.74 Å². The van der Waals surface area contributed by atoms with Crippen LogP contribution in [0.25, 0.3) is 0 Å². The lowest BCUT2D eigenvalue weighted by molar-refractivity contribution is 0.0344. The van der Waals surface area contributed by atoms with E-state index in [0.29, 0.717) is 0 Å². The maximum Gasteiger partial charge on any atom is 0.138 e. The van der Waals surface area contributed by atoms with Crippen molar-refractivity contribution in [1.29, 1.82) is 0 Å².